The van der Waals surface area contributed by atoms with E-state index in [0.29, 0.717) is 6.61 Å². The van der Waals surface area contributed by atoms with Crippen LogP contribution in [-0.2, 0) is 6.42 Å². The van der Waals surface area contributed by atoms with Gasteiger partial charge in [-0.3, -0.25) is 0 Å². The number of benzene rings is 1. The van der Waals surface area contributed by atoms with Crippen LogP contribution in [0.2, 0.25) is 0 Å². The maximum atomic E-state index is 6.16. The fraction of sp³-hybridized carbons (Fsp3) is 0.412. The molecule has 2 aromatic rings. The molecule has 0 saturated heterocycles. The molecule has 21 heavy (non-hydrogen) atoms. The minimum absolute atomic E-state index is 0.0496. The number of rotatable bonds is 6. The molecule has 4 heteroatoms. The van der Waals surface area contributed by atoms with Crippen LogP contribution in [0.1, 0.15) is 18.2 Å². The van der Waals surface area contributed by atoms with Crippen LogP contribution in [0, 0.1) is 0 Å². The first-order valence-corrected chi connectivity index (χ1v) is 8.39. The molecule has 0 spiro atoms. The standard InChI is InChI=1S/C17H21NO2S/c1-2-9-18-14(11-13-6-5-10-21-13)17-12-19-15-7-3-4-8-16(15)20-17/h3-8,10,14,17-18H,2,9,11-12H2,1H3. The van der Waals surface area contributed by atoms with Crippen LogP contribution in [-0.4, -0.2) is 25.3 Å². The van der Waals surface area contributed by atoms with Gasteiger partial charge in [-0.15, -0.1) is 11.3 Å². The number of thiophene rings is 1. The number of fused-ring (bicyclic) bond motifs is 1. The maximum Gasteiger partial charge on any atom is 0.161 e. The van der Waals surface area contributed by atoms with Gasteiger partial charge in [-0.2, -0.15) is 0 Å². The van der Waals surface area contributed by atoms with E-state index in [4.69, 9.17) is 9.47 Å². The van der Waals surface area contributed by atoms with Crippen LogP contribution >= 0.6 is 11.3 Å². The summed E-state index contributed by atoms with van der Waals surface area (Å²) in [5, 5.41) is 5.73. The Kier molecular flexibility index (Phi) is 4.78. The van der Waals surface area contributed by atoms with Crippen molar-refractivity contribution >= 4 is 11.3 Å². The van der Waals surface area contributed by atoms with Crippen molar-refractivity contribution in [1.29, 1.82) is 0 Å². The van der Waals surface area contributed by atoms with Crippen molar-refractivity contribution < 1.29 is 9.47 Å². The van der Waals surface area contributed by atoms with Gasteiger partial charge in [-0.25, -0.2) is 0 Å². The van der Waals surface area contributed by atoms with Crippen LogP contribution in [0.3, 0.4) is 0 Å². The third kappa shape index (κ3) is 3.57. The number of para-hydroxylation sites is 2. The van der Waals surface area contributed by atoms with Crippen molar-refractivity contribution in [1.82, 2.24) is 5.32 Å². The zero-order valence-corrected chi connectivity index (χ0v) is 13.1. The lowest BCUT2D eigenvalue weighted by molar-refractivity contribution is 0.0622. The zero-order chi connectivity index (χ0) is 14.5. The van der Waals surface area contributed by atoms with Crippen LogP contribution in [0.25, 0.3) is 0 Å². The molecule has 2 atom stereocenters. The topological polar surface area (TPSA) is 30.5 Å². The lowest BCUT2D eigenvalue weighted by Gasteiger charge is -2.32. The average molecular weight is 303 g/mol. The van der Waals surface area contributed by atoms with E-state index in [2.05, 4.69) is 29.8 Å². The summed E-state index contributed by atoms with van der Waals surface area (Å²) in [7, 11) is 0. The first-order valence-electron chi connectivity index (χ1n) is 7.51. The van der Waals surface area contributed by atoms with Gasteiger partial charge in [0.05, 0.1) is 6.04 Å². The Morgan fingerprint density at radius 3 is 2.86 bits per heavy atom. The maximum absolute atomic E-state index is 6.16. The molecule has 0 aliphatic carbocycles. The summed E-state index contributed by atoms with van der Waals surface area (Å²) in [4.78, 5) is 1.38. The SMILES string of the molecule is CCCNC(Cc1cccs1)C1COc2ccccc2O1. The monoisotopic (exact) mass is 303 g/mol. The molecule has 0 radical (unpaired) electrons. The Labute approximate surface area is 129 Å². The van der Waals surface area contributed by atoms with E-state index < -0.39 is 0 Å². The van der Waals surface area contributed by atoms with E-state index >= 15 is 0 Å². The summed E-state index contributed by atoms with van der Waals surface area (Å²) in [6.07, 6.45) is 2.15. The summed E-state index contributed by atoms with van der Waals surface area (Å²) in [5.41, 5.74) is 0. The van der Waals surface area contributed by atoms with Gasteiger partial charge in [0.1, 0.15) is 12.7 Å². The van der Waals surface area contributed by atoms with E-state index in [-0.39, 0.29) is 12.1 Å². The second-order valence-electron chi connectivity index (χ2n) is 5.26. The largest absolute Gasteiger partial charge is 0.486 e. The quantitative estimate of drug-likeness (QED) is 0.886. The fourth-order valence-electron chi connectivity index (χ4n) is 2.54. The van der Waals surface area contributed by atoms with E-state index in [0.717, 1.165) is 30.9 Å². The molecular weight excluding hydrogens is 282 g/mol. The Bertz CT molecular complexity index is 556. The fourth-order valence-corrected chi connectivity index (χ4v) is 3.31. The molecule has 0 amide bonds. The first kappa shape index (κ1) is 14.4. The summed E-state index contributed by atoms with van der Waals surface area (Å²) in [6.45, 7) is 3.78. The highest BCUT2D eigenvalue weighted by molar-refractivity contribution is 7.09. The summed E-state index contributed by atoms with van der Waals surface area (Å²) in [6, 6.07) is 12.5. The molecule has 0 bridgehead atoms. The summed E-state index contributed by atoms with van der Waals surface area (Å²) < 4.78 is 12.0. The lowest BCUT2D eigenvalue weighted by Crippen LogP contribution is -2.49. The second kappa shape index (κ2) is 6.96. The Morgan fingerprint density at radius 1 is 1.24 bits per heavy atom. The normalized spacial score (nSPS) is 18.4. The summed E-state index contributed by atoms with van der Waals surface area (Å²) >= 11 is 1.80. The van der Waals surface area contributed by atoms with Gasteiger partial charge in [-0.05, 0) is 36.5 Å². The number of hydrogen-bond acceptors (Lipinski definition) is 4. The molecule has 1 N–H and O–H groups in total. The highest BCUT2D eigenvalue weighted by atomic mass is 32.1. The van der Waals surface area contributed by atoms with E-state index in [1.165, 1.54) is 4.88 Å². The number of ether oxygens (including phenoxy) is 2. The lowest BCUT2D eigenvalue weighted by atomic mass is 10.1. The van der Waals surface area contributed by atoms with E-state index in [9.17, 15) is 0 Å². The van der Waals surface area contributed by atoms with Gasteiger partial charge >= 0.3 is 0 Å². The first-order chi connectivity index (χ1) is 10.4. The third-order valence-electron chi connectivity index (χ3n) is 3.64. The third-order valence-corrected chi connectivity index (χ3v) is 4.54. The average Bonchev–Trinajstić information content (AvgIpc) is 3.04. The molecule has 0 saturated carbocycles. The molecular formula is C17H21NO2S. The Morgan fingerprint density at radius 2 is 2.10 bits per heavy atom. The molecule has 2 unspecified atom stereocenters. The van der Waals surface area contributed by atoms with E-state index in [1.54, 1.807) is 11.3 Å². The summed E-state index contributed by atoms with van der Waals surface area (Å²) in [5.74, 6) is 1.70. The predicted octanol–water partition coefficient (Wildman–Crippen LogP) is 3.50. The van der Waals surface area contributed by atoms with Gasteiger partial charge in [-0.1, -0.05) is 25.1 Å². The van der Waals surface area contributed by atoms with Crippen LogP contribution in [0.4, 0.5) is 0 Å². The smallest absolute Gasteiger partial charge is 0.161 e. The number of nitrogens with one attached hydrogen (secondary N) is 1. The van der Waals surface area contributed by atoms with Gasteiger partial charge in [0.15, 0.2) is 11.5 Å². The highest BCUT2D eigenvalue weighted by Gasteiger charge is 2.28. The molecule has 1 aromatic carbocycles. The van der Waals surface area contributed by atoms with Crippen molar-refractivity contribution in [3.63, 3.8) is 0 Å². The van der Waals surface area contributed by atoms with E-state index in [1.807, 2.05) is 24.3 Å². The van der Waals surface area contributed by atoms with Gasteiger partial charge < -0.3 is 14.8 Å². The molecule has 3 nitrogen and oxygen atoms in total. The molecule has 3 rings (SSSR count). The number of hydrogen-bond donors (Lipinski definition) is 1. The van der Waals surface area contributed by atoms with Gasteiger partial charge in [0.25, 0.3) is 0 Å². The van der Waals surface area contributed by atoms with Crippen molar-refractivity contribution in [2.24, 2.45) is 0 Å². The Hall–Kier alpha value is -1.52. The van der Waals surface area contributed by atoms with Crippen molar-refractivity contribution in [3.05, 3.63) is 46.7 Å². The molecule has 1 aromatic heterocycles. The molecule has 0 fully saturated rings. The molecule has 1 aliphatic rings. The van der Waals surface area contributed by atoms with Crippen LogP contribution in [0.15, 0.2) is 41.8 Å². The predicted molar refractivity (Wildman–Crippen MR) is 86.5 cm³/mol. The Balaban J connectivity index is 1.71. The van der Waals surface area contributed by atoms with Gasteiger partial charge in [0.2, 0.25) is 0 Å². The van der Waals surface area contributed by atoms with Crippen molar-refractivity contribution in [2.45, 2.75) is 31.9 Å². The second-order valence-corrected chi connectivity index (χ2v) is 6.29. The zero-order valence-electron chi connectivity index (χ0n) is 12.2. The van der Waals surface area contributed by atoms with Crippen molar-refractivity contribution in [2.75, 3.05) is 13.2 Å². The molecule has 1 aliphatic heterocycles. The van der Waals surface area contributed by atoms with Gasteiger partial charge in [0, 0.05) is 11.3 Å². The van der Waals surface area contributed by atoms with Crippen LogP contribution < -0.4 is 14.8 Å². The van der Waals surface area contributed by atoms with Crippen molar-refractivity contribution in [3.8, 4) is 11.5 Å². The molecule has 112 valence electrons. The van der Waals surface area contributed by atoms with Crippen LogP contribution in [0.5, 0.6) is 11.5 Å². The molecule has 2 heterocycles. The highest BCUT2D eigenvalue weighted by Crippen LogP contribution is 2.32. The minimum Gasteiger partial charge on any atom is -0.486 e. The minimum atomic E-state index is 0.0496.